The van der Waals surface area contributed by atoms with E-state index in [4.69, 9.17) is 16.3 Å². The molecule has 4 nitrogen and oxygen atoms in total. The summed E-state index contributed by atoms with van der Waals surface area (Å²) in [5, 5.41) is 3.84. The minimum Gasteiger partial charge on any atom is -0.492 e. The van der Waals surface area contributed by atoms with E-state index in [2.05, 4.69) is 24.1 Å². The third kappa shape index (κ3) is 5.47. The van der Waals surface area contributed by atoms with E-state index in [9.17, 15) is 4.79 Å². The van der Waals surface area contributed by atoms with Crippen LogP contribution in [0.1, 0.15) is 51.5 Å². The number of ether oxygens (including phenoxy) is 1. The van der Waals surface area contributed by atoms with Crippen LogP contribution in [0.25, 0.3) is 0 Å². The molecule has 172 valence electrons. The van der Waals surface area contributed by atoms with E-state index in [1.807, 2.05) is 48.5 Å². The van der Waals surface area contributed by atoms with E-state index in [1.165, 1.54) is 6.42 Å². The highest BCUT2D eigenvalue weighted by atomic mass is 35.5. The molecule has 0 radical (unpaired) electrons. The Labute approximate surface area is 197 Å². The van der Waals surface area contributed by atoms with E-state index >= 15 is 0 Å². The van der Waals surface area contributed by atoms with Crippen LogP contribution in [-0.2, 0) is 10.2 Å². The number of carbonyl (C=O) groups excluding carboxylic acids is 1. The number of rotatable bonds is 7. The largest absolute Gasteiger partial charge is 0.492 e. The lowest BCUT2D eigenvalue weighted by Gasteiger charge is -2.34. The zero-order valence-corrected chi connectivity index (χ0v) is 20.0. The quantitative estimate of drug-likeness (QED) is 0.545. The standard InChI is InChI=1S/C27H35ClN2O2/c1-20-17-21(2)19-30(18-20)15-16-32-25-11-9-24(10-12-25)29-26(31)27(13-3-4-14-27)22-5-7-23(28)8-6-22/h5-12,20-21H,3-4,13-19H2,1-2H3,(H,29,31). The number of nitrogens with one attached hydrogen (secondary N) is 1. The Morgan fingerprint density at radius 3 is 2.28 bits per heavy atom. The summed E-state index contributed by atoms with van der Waals surface area (Å²) >= 11 is 6.07. The average Bonchev–Trinajstić information content (AvgIpc) is 3.26. The molecule has 1 saturated carbocycles. The van der Waals surface area contributed by atoms with Gasteiger partial charge in [-0.3, -0.25) is 9.69 Å². The lowest BCUT2D eigenvalue weighted by atomic mass is 9.78. The molecule has 0 spiro atoms. The molecule has 1 heterocycles. The van der Waals surface area contributed by atoms with E-state index < -0.39 is 5.41 Å². The Morgan fingerprint density at radius 1 is 1.03 bits per heavy atom. The average molecular weight is 455 g/mol. The molecule has 1 N–H and O–H groups in total. The number of hydrogen-bond donors (Lipinski definition) is 1. The van der Waals surface area contributed by atoms with Gasteiger partial charge in [0.15, 0.2) is 0 Å². The fourth-order valence-corrected chi connectivity index (χ4v) is 5.67. The Morgan fingerprint density at radius 2 is 1.66 bits per heavy atom. The molecule has 1 saturated heterocycles. The van der Waals surface area contributed by atoms with Crippen LogP contribution >= 0.6 is 11.6 Å². The zero-order valence-electron chi connectivity index (χ0n) is 19.3. The van der Waals surface area contributed by atoms with Crippen molar-refractivity contribution in [3.05, 3.63) is 59.1 Å². The minimum atomic E-state index is -0.470. The summed E-state index contributed by atoms with van der Waals surface area (Å²) < 4.78 is 5.97. The molecule has 2 aliphatic rings. The van der Waals surface area contributed by atoms with Crippen molar-refractivity contribution >= 4 is 23.2 Å². The molecule has 2 aromatic rings. The van der Waals surface area contributed by atoms with Crippen molar-refractivity contribution in [3.63, 3.8) is 0 Å². The molecule has 2 unspecified atom stereocenters. The first-order chi connectivity index (χ1) is 15.4. The second-order valence-electron chi connectivity index (χ2n) is 9.83. The van der Waals surface area contributed by atoms with E-state index in [0.29, 0.717) is 11.6 Å². The summed E-state index contributed by atoms with van der Waals surface area (Å²) in [6, 6.07) is 15.5. The SMILES string of the molecule is CC1CC(C)CN(CCOc2ccc(NC(=O)C3(c4ccc(Cl)cc4)CCCC3)cc2)C1. The van der Waals surface area contributed by atoms with Crippen LogP contribution in [0.3, 0.4) is 0 Å². The molecule has 5 heteroatoms. The van der Waals surface area contributed by atoms with Gasteiger partial charge in [0.05, 0.1) is 5.41 Å². The minimum absolute atomic E-state index is 0.0688. The smallest absolute Gasteiger partial charge is 0.235 e. The fourth-order valence-electron chi connectivity index (χ4n) is 5.55. The maximum absolute atomic E-state index is 13.3. The Kier molecular flexibility index (Phi) is 7.42. The van der Waals surface area contributed by atoms with Gasteiger partial charge in [-0.2, -0.15) is 0 Å². The second-order valence-corrected chi connectivity index (χ2v) is 10.3. The molecule has 1 aliphatic carbocycles. The molecular weight excluding hydrogens is 420 g/mol. The van der Waals surface area contributed by atoms with E-state index in [1.54, 1.807) is 0 Å². The summed E-state index contributed by atoms with van der Waals surface area (Å²) in [6.07, 6.45) is 5.20. The van der Waals surface area contributed by atoms with Gasteiger partial charge < -0.3 is 10.1 Å². The molecule has 2 atom stereocenters. The highest BCUT2D eigenvalue weighted by Crippen LogP contribution is 2.42. The molecular formula is C27H35ClN2O2. The Hall–Kier alpha value is -2.04. The number of halogens is 1. The number of carbonyl (C=O) groups is 1. The third-order valence-electron chi connectivity index (χ3n) is 7.02. The van der Waals surface area contributed by atoms with Gasteiger partial charge in [0.2, 0.25) is 5.91 Å². The molecule has 1 amide bonds. The molecule has 32 heavy (non-hydrogen) atoms. The predicted molar refractivity (Wildman–Crippen MR) is 132 cm³/mol. The number of hydrogen-bond acceptors (Lipinski definition) is 3. The number of amides is 1. The first-order valence-corrected chi connectivity index (χ1v) is 12.4. The zero-order chi connectivity index (χ0) is 22.6. The molecule has 2 fully saturated rings. The molecule has 0 bridgehead atoms. The van der Waals surface area contributed by atoms with Crippen LogP contribution < -0.4 is 10.1 Å². The number of anilines is 1. The second kappa shape index (κ2) is 10.3. The predicted octanol–water partition coefficient (Wildman–Crippen LogP) is 6.15. The van der Waals surface area contributed by atoms with Crippen molar-refractivity contribution in [1.29, 1.82) is 0 Å². The molecule has 0 aromatic heterocycles. The first kappa shape index (κ1) is 23.1. The maximum Gasteiger partial charge on any atom is 0.235 e. The summed E-state index contributed by atoms with van der Waals surface area (Å²) in [5.41, 5.74) is 1.39. The Bertz CT molecular complexity index is 881. The maximum atomic E-state index is 13.3. The van der Waals surface area contributed by atoms with Crippen molar-refractivity contribution in [2.24, 2.45) is 11.8 Å². The van der Waals surface area contributed by atoms with Gasteiger partial charge in [0.1, 0.15) is 12.4 Å². The first-order valence-electron chi connectivity index (χ1n) is 12.0. The van der Waals surface area contributed by atoms with Gasteiger partial charge in [-0.1, -0.05) is 50.4 Å². The van der Waals surface area contributed by atoms with Crippen LogP contribution in [0.15, 0.2) is 48.5 Å². The van der Waals surface area contributed by atoms with Crippen LogP contribution in [0.4, 0.5) is 5.69 Å². The summed E-state index contributed by atoms with van der Waals surface area (Å²) in [4.78, 5) is 15.8. The normalized spacial score (nSPS) is 23.1. The van der Waals surface area contributed by atoms with Gasteiger partial charge in [-0.25, -0.2) is 0 Å². The molecule has 2 aromatic carbocycles. The summed E-state index contributed by atoms with van der Waals surface area (Å²) in [6.45, 7) is 8.63. The van der Waals surface area contributed by atoms with Crippen molar-refractivity contribution in [2.45, 2.75) is 51.4 Å². The summed E-state index contributed by atoms with van der Waals surface area (Å²) in [7, 11) is 0. The van der Waals surface area contributed by atoms with Gasteiger partial charge in [-0.15, -0.1) is 0 Å². The van der Waals surface area contributed by atoms with Gasteiger partial charge in [0, 0.05) is 30.3 Å². The fraction of sp³-hybridized carbons (Fsp3) is 0.519. The van der Waals surface area contributed by atoms with Crippen molar-refractivity contribution in [1.82, 2.24) is 4.90 Å². The number of benzene rings is 2. The van der Waals surface area contributed by atoms with Crippen molar-refractivity contribution < 1.29 is 9.53 Å². The Balaban J connectivity index is 1.32. The number of likely N-dealkylation sites (tertiary alicyclic amines) is 1. The van der Waals surface area contributed by atoms with Crippen LogP contribution in [0, 0.1) is 11.8 Å². The number of piperidine rings is 1. The third-order valence-corrected chi connectivity index (χ3v) is 7.27. The van der Waals surface area contributed by atoms with Crippen molar-refractivity contribution in [2.75, 3.05) is 31.6 Å². The lowest BCUT2D eigenvalue weighted by molar-refractivity contribution is -0.121. The van der Waals surface area contributed by atoms with E-state index in [0.717, 1.165) is 74.2 Å². The lowest BCUT2D eigenvalue weighted by Crippen LogP contribution is -2.40. The van der Waals surface area contributed by atoms with E-state index in [-0.39, 0.29) is 5.91 Å². The number of nitrogens with zero attached hydrogens (tertiary/aromatic N) is 1. The van der Waals surface area contributed by atoms with Gasteiger partial charge in [0.25, 0.3) is 0 Å². The van der Waals surface area contributed by atoms with Crippen LogP contribution in [0.5, 0.6) is 5.75 Å². The topological polar surface area (TPSA) is 41.6 Å². The van der Waals surface area contributed by atoms with Crippen LogP contribution in [0.2, 0.25) is 5.02 Å². The van der Waals surface area contributed by atoms with Gasteiger partial charge in [-0.05, 0) is 73.1 Å². The molecule has 4 rings (SSSR count). The highest BCUT2D eigenvalue weighted by molar-refractivity contribution is 6.30. The monoisotopic (exact) mass is 454 g/mol. The molecule has 1 aliphatic heterocycles. The highest BCUT2D eigenvalue weighted by Gasteiger charge is 2.42. The van der Waals surface area contributed by atoms with Crippen molar-refractivity contribution in [3.8, 4) is 5.75 Å². The summed E-state index contributed by atoms with van der Waals surface area (Å²) in [5.74, 6) is 2.43. The van der Waals surface area contributed by atoms with Crippen LogP contribution in [-0.4, -0.2) is 37.0 Å². The van der Waals surface area contributed by atoms with Gasteiger partial charge >= 0.3 is 0 Å².